The van der Waals surface area contributed by atoms with Crippen molar-refractivity contribution in [1.82, 2.24) is 0 Å². The molecule has 0 saturated carbocycles. The summed E-state index contributed by atoms with van der Waals surface area (Å²) >= 11 is 0. The molecule has 0 atom stereocenters. The maximum Gasteiger partial charge on any atom is 0.291 e. The van der Waals surface area contributed by atoms with Gasteiger partial charge in [0.05, 0.1) is 42.7 Å². The van der Waals surface area contributed by atoms with Crippen molar-refractivity contribution in [1.29, 1.82) is 0 Å². The van der Waals surface area contributed by atoms with E-state index >= 15 is 0 Å². The molecular formula is C24H27NO8. The molecule has 1 aromatic heterocycles. The first-order valence-corrected chi connectivity index (χ1v) is 9.96. The van der Waals surface area contributed by atoms with Crippen molar-refractivity contribution in [3.05, 3.63) is 53.5 Å². The molecule has 33 heavy (non-hydrogen) atoms. The lowest BCUT2D eigenvalue weighted by atomic mass is 10.1. The molecule has 3 rings (SSSR count). The molecule has 176 valence electrons. The van der Waals surface area contributed by atoms with Gasteiger partial charge in [-0.15, -0.1) is 0 Å². The van der Waals surface area contributed by atoms with Gasteiger partial charge in [-0.1, -0.05) is 0 Å². The van der Waals surface area contributed by atoms with Gasteiger partial charge in [-0.25, -0.2) is 0 Å². The second-order valence-electron chi connectivity index (χ2n) is 6.81. The highest BCUT2D eigenvalue weighted by atomic mass is 16.5. The van der Waals surface area contributed by atoms with Gasteiger partial charge in [-0.05, 0) is 12.1 Å². The minimum absolute atomic E-state index is 0.122. The molecule has 9 heteroatoms. The fraction of sp³-hybridized carbons (Fsp3) is 0.292. The van der Waals surface area contributed by atoms with Gasteiger partial charge in [0.15, 0.2) is 5.76 Å². The maximum absolute atomic E-state index is 12.9. The Kier molecular flexibility index (Phi) is 7.55. The lowest BCUT2D eigenvalue weighted by Crippen LogP contribution is -2.13. The number of nitrogens with one attached hydrogen (secondary N) is 1. The van der Waals surface area contributed by atoms with Crippen LogP contribution in [0.5, 0.6) is 34.5 Å². The van der Waals surface area contributed by atoms with E-state index in [1.165, 1.54) is 21.3 Å². The Balaban J connectivity index is 1.86. The van der Waals surface area contributed by atoms with E-state index in [4.69, 9.17) is 32.8 Å². The van der Waals surface area contributed by atoms with Gasteiger partial charge in [0.25, 0.3) is 5.91 Å². The molecule has 0 radical (unpaired) electrons. The number of carbonyl (C=O) groups excluding carboxylic acids is 1. The van der Waals surface area contributed by atoms with E-state index in [1.54, 1.807) is 57.7 Å². The third-order valence-electron chi connectivity index (χ3n) is 5.01. The molecule has 1 heterocycles. The molecule has 0 bridgehead atoms. The highest BCUT2D eigenvalue weighted by Crippen LogP contribution is 2.39. The number of anilines is 1. The Morgan fingerprint density at radius 3 is 1.67 bits per heavy atom. The number of hydrogen-bond acceptors (Lipinski definition) is 8. The second-order valence-corrected chi connectivity index (χ2v) is 6.81. The van der Waals surface area contributed by atoms with Crippen molar-refractivity contribution in [2.75, 3.05) is 48.0 Å². The smallest absolute Gasteiger partial charge is 0.291 e. The summed E-state index contributed by atoms with van der Waals surface area (Å²) in [6.45, 7) is 0. The third kappa shape index (κ3) is 5.08. The molecule has 0 saturated heterocycles. The average molecular weight is 457 g/mol. The van der Waals surface area contributed by atoms with Crippen molar-refractivity contribution in [2.45, 2.75) is 6.42 Å². The minimum Gasteiger partial charge on any atom is -0.496 e. The van der Waals surface area contributed by atoms with Crippen LogP contribution in [0.2, 0.25) is 0 Å². The number of methoxy groups -OCH3 is 6. The first-order valence-electron chi connectivity index (χ1n) is 9.96. The summed E-state index contributed by atoms with van der Waals surface area (Å²) in [5, 5.41) is 2.78. The Morgan fingerprint density at radius 1 is 0.727 bits per heavy atom. The molecule has 0 unspecified atom stereocenters. The fourth-order valence-electron chi connectivity index (χ4n) is 3.33. The van der Waals surface area contributed by atoms with Crippen LogP contribution in [0, 0.1) is 0 Å². The molecule has 0 aliphatic rings. The van der Waals surface area contributed by atoms with E-state index in [9.17, 15) is 4.79 Å². The number of furan rings is 1. The largest absolute Gasteiger partial charge is 0.496 e. The van der Waals surface area contributed by atoms with Gasteiger partial charge < -0.3 is 38.2 Å². The molecule has 9 nitrogen and oxygen atoms in total. The Bertz CT molecular complexity index is 1070. The Labute approximate surface area is 192 Å². The standard InChI is InChI=1S/C24H27NO8/c1-27-15-10-19(29-3)17(20(11-15)30-4)9-14-7-8-18(33-14)24(26)25-23-21(31-5)12-16(28-2)13-22(23)32-6/h7-8,10-13H,9H2,1-6H3,(H,25,26). The summed E-state index contributed by atoms with van der Waals surface area (Å²) in [6, 6.07) is 10.1. The summed E-state index contributed by atoms with van der Waals surface area (Å²) < 4.78 is 38.1. The minimum atomic E-state index is -0.461. The first kappa shape index (κ1) is 23.6. The first-order chi connectivity index (χ1) is 16.0. The molecule has 2 aromatic carbocycles. The van der Waals surface area contributed by atoms with E-state index < -0.39 is 5.91 Å². The molecular weight excluding hydrogens is 430 g/mol. The van der Waals surface area contributed by atoms with Crippen LogP contribution in [-0.2, 0) is 6.42 Å². The number of hydrogen-bond donors (Lipinski definition) is 1. The van der Waals surface area contributed by atoms with Gasteiger partial charge in [0, 0.05) is 36.2 Å². The summed E-state index contributed by atoms with van der Waals surface area (Å²) in [4.78, 5) is 12.9. The van der Waals surface area contributed by atoms with E-state index in [0.717, 1.165) is 5.56 Å². The lowest BCUT2D eigenvalue weighted by Gasteiger charge is -2.15. The summed E-state index contributed by atoms with van der Waals surface area (Å²) in [6.07, 6.45) is 0.346. The van der Waals surface area contributed by atoms with Crippen LogP contribution in [0.25, 0.3) is 0 Å². The number of amides is 1. The van der Waals surface area contributed by atoms with Crippen molar-refractivity contribution >= 4 is 11.6 Å². The van der Waals surface area contributed by atoms with Gasteiger partial charge in [0.1, 0.15) is 45.9 Å². The molecule has 1 amide bonds. The van der Waals surface area contributed by atoms with Crippen LogP contribution in [-0.4, -0.2) is 48.6 Å². The van der Waals surface area contributed by atoms with Crippen LogP contribution in [0.3, 0.4) is 0 Å². The number of benzene rings is 2. The van der Waals surface area contributed by atoms with Crippen LogP contribution < -0.4 is 33.7 Å². The van der Waals surface area contributed by atoms with Crippen molar-refractivity contribution in [2.24, 2.45) is 0 Å². The van der Waals surface area contributed by atoms with E-state index in [2.05, 4.69) is 5.32 Å². The summed E-state index contributed by atoms with van der Waals surface area (Å²) in [5.74, 6) is 3.29. The predicted molar refractivity (Wildman–Crippen MR) is 122 cm³/mol. The van der Waals surface area contributed by atoms with Gasteiger partial charge in [0.2, 0.25) is 0 Å². The van der Waals surface area contributed by atoms with Crippen LogP contribution in [0.4, 0.5) is 5.69 Å². The van der Waals surface area contributed by atoms with E-state index in [0.29, 0.717) is 52.4 Å². The van der Waals surface area contributed by atoms with E-state index in [-0.39, 0.29) is 5.76 Å². The highest BCUT2D eigenvalue weighted by molar-refractivity contribution is 6.04. The summed E-state index contributed by atoms with van der Waals surface area (Å²) in [7, 11) is 9.21. The van der Waals surface area contributed by atoms with Gasteiger partial charge in [-0.2, -0.15) is 0 Å². The lowest BCUT2D eigenvalue weighted by molar-refractivity contribution is 0.0994. The molecule has 0 aliphatic heterocycles. The normalized spacial score (nSPS) is 10.4. The fourth-order valence-corrected chi connectivity index (χ4v) is 3.33. The van der Waals surface area contributed by atoms with Crippen molar-refractivity contribution in [3.8, 4) is 34.5 Å². The maximum atomic E-state index is 12.9. The SMILES string of the molecule is COc1cc(OC)c(Cc2ccc(C(=O)Nc3c(OC)cc(OC)cc3OC)o2)c(OC)c1. The van der Waals surface area contributed by atoms with Gasteiger partial charge in [-0.3, -0.25) is 4.79 Å². The summed E-state index contributed by atoms with van der Waals surface area (Å²) in [5.41, 5.74) is 1.13. The quantitative estimate of drug-likeness (QED) is 0.484. The van der Waals surface area contributed by atoms with Crippen LogP contribution in [0.1, 0.15) is 21.9 Å². The average Bonchev–Trinajstić information content (AvgIpc) is 3.32. The Morgan fingerprint density at radius 2 is 1.21 bits per heavy atom. The number of carbonyl (C=O) groups is 1. The zero-order valence-corrected chi connectivity index (χ0v) is 19.4. The second kappa shape index (κ2) is 10.5. The van der Waals surface area contributed by atoms with Crippen LogP contribution in [0.15, 0.2) is 40.8 Å². The molecule has 3 aromatic rings. The topological polar surface area (TPSA) is 97.6 Å². The third-order valence-corrected chi connectivity index (χ3v) is 5.01. The Hall–Kier alpha value is -4.01. The number of rotatable bonds is 10. The van der Waals surface area contributed by atoms with Crippen LogP contribution >= 0.6 is 0 Å². The number of ether oxygens (including phenoxy) is 6. The monoisotopic (exact) mass is 457 g/mol. The predicted octanol–water partition coefficient (Wildman–Crippen LogP) is 4.17. The molecule has 0 aliphatic carbocycles. The zero-order chi connectivity index (χ0) is 24.0. The van der Waals surface area contributed by atoms with Crippen molar-refractivity contribution in [3.63, 3.8) is 0 Å². The van der Waals surface area contributed by atoms with E-state index in [1.807, 2.05) is 0 Å². The van der Waals surface area contributed by atoms with Gasteiger partial charge >= 0.3 is 0 Å². The molecule has 1 N–H and O–H groups in total. The van der Waals surface area contributed by atoms with Crippen molar-refractivity contribution < 1.29 is 37.6 Å². The molecule has 0 spiro atoms. The molecule has 0 fully saturated rings. The zero-order valence-electron chi connectivity index (χ0n) is 19.4. The highest BCUT2D eigenvalue weighted by Gasteiger charge is 2.20.